The minimum absolute atomic E-state index is 0.272. The molecule has 0 unspecified atom stereocenters. The molecule has 0 amide bonds. The van der Waals surface area contributed by atoms with Crippen molar-refractivity contribution >= 4 is 5.97 Å². The van der Waals surface area contributed by atoms with E-state index in [1.165, 1.54) is 7.11 Å². The second-order valence-corrected chi connectivity index (χ2v) is 2.97. The molecule has 0 aromatic heterocycles. The number of methoxy groups -OCH3 is 1. The Balaban J connectivity index is 2.60. The highest BCUT2D eigenvalue weighted by Crippen LogP contribution is 2.36. The van der Waals surface area contributed by atoms with Crippen LogP contribution in [0.2, 0.25) is 0 Å². The lowest BCUT2D eigenvalue weighted by Gasteiger charge is -2.41. The van der Waals surface area contributed by atoms with E-state index in [1.807, 2.05) is 6.92 Å². The normalized spacial score (nSPS) is 38.5. The van der Waals surface area contributed by atoms with Gasteiger partial charge in [0, 0.05) is 0 Å². The molecule has 1 fully saturated rings. The number of hydrogen-bond acceptors (Lipinski definition) is 3. The standard InChI is InChI=1S/C7H13NO2/c1-5-3-4-7(5,8)6(9)10-2/h5H,3-4,8H2,1-2H3/t5-,7-/m1/s1. The summed E-state index contributed by atoms with van der Waals surface area (Å²) in [6.45, 7) is 1.97. The SMILES string of the molecule is COC(=O)[C@@]1(N)CC[C@H]1C. The third-order valence-corrected chi connectivity index (χ3v) is 2.44. The lowest BCUT2D eigenvalue weighted by Crippen LogP contribution is -2.60. The Kier molecular flexibility index (Phi) is 1.68. The molecule has 3 heteroatoms. The predicted octanol–water partition coefficient (Wildman–Crippen LogP) is 0.287. The topological polar surface area (TPSA) is 52.3 Å². The van der Waals surface area contributed by atoms with Crippen LogP contribution in [0.4, 0.5) is 0 Å². The number of hydrogen-bond donors (Lipinski definition) is 1. The van der Waals surface area contributed by atoms with Crippen LogP contribution >= 0.6 is 0 Å². The highest BCUT2D eigenvalue weighted by molar-refractivity contribution is 5.82. The Hall–Kier alpha value is -0.570. The largest absolute Gasteiger partial charge is 0.468 e. The molecule has 1 aliphatic rings. The maximum Gasteiger partial charge on any atom is 0.326 e. The van der Waals surface area contributed by atoms with Crippen LogP contribution in [0.1, 0.15) is 19.8 Å². The van der Waals surface area contributed by atoms with E-state index in [9.17, 15) is 4.79 Å². The first-order valence-corrected chi connectivity index (χ1v) is 3.48. The van der Waals surface area contributed by atoms with Gasteiger partial charge in [0.25, 0.3) is 0 Å². The Morgan fingerprint density at radius 1 is 1.80 bits per heavy atom. The first kappa shape index (κ1) is 7.54. The zero-order chi connectivity index (χ0) is 7.78. The summed E-state index contributed by atoms with van der Waals surface area (Å²) in [5.74, 6) is 0.00574. The number of rotatable bonds is 1. The van der Waals surface area contributed by atoms with E-state index in [0.29, 0.717) is 0 Å². The minimum atomic E-state index is -0.672. The fourth-order valence-electron chi connectivity index (χ4n) is 1.24. The van der Waals surface area contributed by atoms with Crippen LogP contribution in [0.3, 0.4) is 0 Å². The van der Waals surface area contributed by atoms with Crippen LogP contribution in [0.15, 0.2) is 0 Å². The highest BCUT2D eigenvalue weighted by Gasteiger charge is 2.47. The molecule has 58 valence electrons. The molecule has 0 spiro atoms. The van der Waals surface area contributed by atoms with Gasteiger partial charge < -0.3 is 10.5 Å². The van der Waals surface area contributed by atoms with E-state index in [0.717, 1.165) is 12.8 Å². The van der Waals surface area contributed by atoms with Crippen molar-refractivity contribution < 1.29 is 9.53 Å². The van der Waals surface area contributed by atoms with Crippen molar-refractivity contribution in [3.63, 3.8) is 0 Å². The quantitative estimate of drug-likeness (QED) is 0.537. The van der Waals surface area contributed by atoms with Crippen LogP contribution in [0.5, 0.6) is 0 Å². The zero-order valence-electron chi connectivity index (χ0n) is 6.39. The van der Waals surface area contributed by atoms with Crippen molar-refractivity contribution in [1.29, 1.82) is 0 Å². The molecule has 2 atom stereocenters. The molecule has 0 heterocycles. The Labute approximate surface area is 60.5 Å². The monoisotopic (exact) mass is 143 g/mol. The van der Waals surface area contributed by atoms with Crippen LogP contribution in [0, 0.1) is 5.92 Å². The molecule has 3 nitrogen and oxygen atoms in total. The average molecular weight is 143 g/mol. The molecule has 0 radical (unpaired) electrons. The van der Waals surface area contributed by atoms with E-state index in [1.54, 1.807) is 0 Å². The first-order chi connectivity index (χ1) is 4.61. The molecule has 1 aliphatic carbocycles. The third kappa shape index (κ3) is 0.814. The van der Waals surface area contributed by atoms with Crippen LogP contribution < -0.4 is 5.73 Å². The predicted molar refractivity (Wildman–Crippen MR) is 37.3 cm³/mol. The molecular weight excluding hydrogens is 130 g/mol. The number of nitrogens with two attached hydrogens (primary N) is 1. The minimum Gasteiger partial charge on any atom is -0.468 e. The lowest BCUT2D eigenvalue weighted by atomic mass is 9.68. The first-order valence-electron chi connectivity index (χ1n) is 3.48. The van der Waals surface area contributed by atoms with Gasteiger partial charge in [-0.05, 0) is 18.8 Å². The lowest BCUT2D eigenvalue weighted by molar-refractivity contribution is -0.153. The third-order valence-electron chi connectivity index (χ3n) is 2.44. The van der Waals surface area contributed by atoms with Gasteiger partial charge >= 0.3 is 5.97 Å². The fourth-order valence-corrected chi connectivity index (χ4v) is 1.24. The van der Waals surface area contributed by atoms with E-state index in [4.69, 9.17) is 5.73 Å². The Bertz CT molecular complexity index is 158. The Morgan fingerprint density at radius 2 is 2.40 bits per heavy atom. The van der Waals surface area contributed by atoms with Crippen LogP contribution in [0.25, 0.3) is 0 Å². The van der Waals surface area contributed by atoms with Gasteiger partial charge in [0.1, 0.15) is 5.54 Å². The van der Waals surface area contributed by atoms with Crippen molar-refractivity contribution in [2.24, 2.45) is 11.7 Å². The van der Waals surface area contributed by atoms with Crippen molar-refractivity contribution in [2.45, 2.75) is 25.3 Å². The molecule has 10 heavy (non-hydrogen) atoms. The smallest absolute Gasteiger partial charge is 0.326 e. The molecule has 1 saturated carbocycles. The summed E-state index contributed by atoms with van der Waals surface area (Å²) >= 11 is 0. The number of esters is 1. The summed E-state index contributed by atoms with van der Waals surface area (Å²) in [6, 6.07) is 0. The second-order valence-electron chi connectivity index (χ2n) is 2.97. The van der Waals surface area contributed by atoms with Gasteiger partial charge in [-0.2, -0.15) is 0 Å². The van der Waals surface area contributed by atoms with E-state index >= 15 is 0 Å². The van der Waals surface area contributed by atoms with E-state index in [-0.39, 0.29) is 11.9 Å². The average Bonchev–Trinajstić information content (AvgIpc) is 1.98. The summed E-state index contributed by atoms with van der Waals surface area (Å²) in [5, 5.41) is 0. The summed E-state index contributed by atoms with van der Waals surface area (Å²) in [6.07, 6.45) is 1.80. The Morgan fingerprint density at radius 3 is 2.50 bits per heavy atom. The van der Waals surface area contributed by atoms with Gasteiger partial charge in [-0.25, -0.2) is 0 Å². The van der Waals surface area contributed by atoms with Gasteiger partial charge in [-0.15, -0.1) is 0 Å². The number of carbonyl (C=O) groups excluding carboxylic acids is 1. The summed E-state index contributed by atoms with van der Waals surface area (Å²) in [7, 11) is 1.38. The summed E-state index contributed by atoms with van der Waals surface area (Å²) in [5.41, 5.74) is 5.05. The molecule has 0 aromatic carbocycles. The van der Waals surface area contributed by atoms with Crippen LogP contribution in [-0.4, -0.2) is 18.6 Å². The van der Waals surface area contributed by atoms with Gasteiger partial charge in [0.05, 0.1) is 7.11 Å². The maximum absolute atomic E-state index is 11.0. The molecule has 0 saturated heterocycles. The summed E-state index contributed by atoms with van der Waals surface area (Å²) < 4.78 is 4.56. The number of ether oxygens (including phenoxy) is 1. The van der Waals surface area contributed by atoms with Gasteiger partial charge in [-0.3, -0.25) is 4.79 Å². The second kappa shape index (κ2) is 2.23. The molecule has 1 rings (SSSR count). The van der Waals surface area contributed by atoms with Gasteiger partial charge in [0.15, 0.2) is 0 Å². The van der Waals surface area contributed by atoms with E-state index in [2.05, 4.69) is 4.74 Å². The van der Waals surface area contributed by atoms with Crippen molar-refractivity contribution in [1.82, 2.24) is 0 Å². The van der Waals surface area contributed by atoms with Crippen molar-refractivity contribution in [3.8, 4) is 0 Å². The maximum atomic E-state index is 11.0. The van der Waals surface area contributed by atoms with E-state index < -0.39 is 5.54 Å². The number of carbonyl (C=O) groups is 1. The van der Waals surface area contributed by atoms with Gasteiger partial charge in [0.2, 0.25) is 0 Å². The molecule has 0 aliphatic heterocycles. The summed E-state index contributed by atoms with van der Waals surface area (Å²) in [4.78, 5) is 11.0. The molecule has 2 N–H and O–H groups in total. The highest BCUT2D eigenvalue weighted by atomic mass is 16.5. The molecule has 0 aromatic rings. The zero-order valence-corrected chi connectivity index (χ0v) is 6.39. The van der Waals surface area contributed by atoms with Gasteiger partial charge in [-0.1, -0.05) is 6.92 Å². The van der Waals surface area contributed by atoms with Crippen molar-refractivity contribution in [3.05, 3.63) is 0 Å². The van der Waals surface area contributed by atoms with Crippen LogP contribution in [-0.2, 0) is 9.53 Å². The molecule has 0 bridgehead atoms. The fraction of sp³-hybridized carbons (Fsp3) is 0.857. The van der Waals surface area contributed by atoms with Crippen molar-refractivity contribution in [2.75, 3.05) is 7.11 Å². The molecular formula is C7H13NO2.